The molecule has 0 radical (unpaired) electrons. The van der Waals surface area contributed by atoms with Crippen LogP contribution in [0.25, 0.3) is 10.9 Å². The van der Waals surface area contributed by atoms with Crippen molar-refractivity contribution in [3.8, 4) is 0 Å². The summed E-state index contributed by atoms with van der Waals surface area (Å²) >= 11 is 0. The van der Waals surface area contributed by atoms with Crippen LogP contribution in [0.1, 0.15) is 11.1 Å². The van der Waals surface area contributed by atoms with Crippen LogP contribution in [0.5, 0.6) is 0 Å². The van der Waals surface area contributed by atoms with Crippen molar-refractivity contribution in [2.24, 2.45) is 0 Å². The number of nitrogen functional groups attached to an aromatic ring is 1. The van der Waals surface area contributed by atoms with E-state index < -0.39 is 0 Å². The maximum absolute atomic E-state index is 5.87. The van der Waals surface area contributed by atoms with Gasteiger partial charge in [-0.3, -0.25) is 4.98 Å². The number of aromatic nitrogens is 1. The summed E-state index contributed by atoms with van der Waals surface area (Å²) in [5, 5.41) is 1.20. The van der Waals surface area contributed by atoms with Gasteiger partial charge in [0.25, 0.3) is 0 Å². The highest BCUT2D eigenvalue weighted by Gasteiger charge is 2.19. The average Bonchev–Trinajstić information content (AvgIpc) is 2.90. The van der Waals surface area contributed by atoms with Gasteiger partial charge in [0.1, 0.15) is 0 Å². The number of rotatable bonds is 2. The van der Waals surface area contributed by atoms with Crippen molar-refractivity contribution >= 4 is 22.3 Å². The molecule has 2 N–H and O–H groups in total. The summed E-state index contributed by atoms with van der Waals surface area (Å²) in [6.07, 6.45) is 2.93. The Labute approximate surface area is 124 Å². The molecule has 0 unspecified atom stereocenters. The summed E-state index contributed by atoms with van der Waals surface area (Å²) in [6, 6.07) is 16.7. The summed E-state index contributed by atoms with van der Waals surface area (Å²) in [5.74, 6) is 0. The smallest absolute Gasteiger partial charge is 0.0751 e. The van der Waals surface area contributed by atoms with E-state index in [1.807, 2.05) is 18.3 Å². The molecule has 3 heteroatoms. The molecule has 0 spiro atoms. The van der Waals surface area contributed by atoms with Gasteiger partial charge in [0.2, 0.25) is 0 Å². The summed E-state index contributed by atoms with van der Waals surface area (Å²) in [4.78, 5) is 6.96. The molecule has 2 heterocycles. The van der Waals surface area contributed by atoms with Crippen LogP contribution in [0.4, 0.5) is 11.4 Å². The van der Waals surface area contributed by atoms with E-state index >= 15 is 0 Å². The van der Waals surface area contributed by atoms with Crippen LogP contribution >= 0.6 is 0 Å². The molecule has 0 bridgehead atoms. The molecule has 0 amide bonds. The third kappa shape index (κ3) is 2.11. The Morgan fingerprint density at radius 1 is 1.10 bits per heavy atom. The number of benzene rings is 2. The molecule has 0 saturated heterocycles. The van der Waals surface area contributed by atoms with E-state index in [4.69, 9.17) is 5.73 Å². The van der Waals surface area contributed by atoms with Gasteiger partial charge in [-0.05, 0) is 41.8 Å². The quantitative estimate of drug-likeness (QED) is 0.729. The Morgan fingerprint density at radius 2 is 2.00 bits per heavy atom. The van der Waals surface area contributed by atoms with Crippen molar-refractivity contribution < 1.29 is 0 Å². The van der Waals surface area contributed by atoms with Crippen LogP contribution in [0.2, 0.25) is 0 Å². The molecule has 0 saturated carbocycles. The van der Waals surface area contributed by atoms with Crippen molar-refractivity contribution in [3.63, 3.8) is 0 Å². The second-order valence-corrected chi connectivity index (χ2v) is 5.55. The molecule has 0 aliphatic carbocycles. The Hall–Kier alpha value is -2.55. The number of anilines is 2. The summed E-state index contributed by atoms with van der Waals surface area (Å²) in [5.41, 5.74) is 11.8. The van der Waals surface area contributed by atoms with Crippen LogP contribution in [-0.4, -0.2) is 11.5 Å². The summed E-state index contributed by atoms with van der Waals surface area (Å²) in [7, 11) is 0. The van der Waals surface area contributed by atoms with E-state index in [1.165, 1.54) is 22.2 Å². The highest BCUT2D eigenvalue weighted by molar-refractivity contribution is 5.82. The molecule has 1 aliphatic rings. The van der Waals surface area contributed by atoms with Gasteiger partial charge in [0.15, 0.2) is 0 Å². The Kier molecular flexibility index (Phi) is 2.78. The maximum atomic E-state index is 5.87. The predicted molar refractivity (Wildman–Crippen MR) is 87.4 cm³/mol. The molecule has 1 aliphatic heterocycles. The molecule has 2 aromatic carbocycles. The fourth-order valence-corrected chi connectivity index (χ4v) is 3.15. The zero-order valence-electron chi connectivity index (χ0n) is 11.8. The van der Waals surface area contributed by atoms with Gasteiger partial charge in [-0.25, -0.2) is 0 Å². The van der Waals surface area contributed by atoms with E-state index in [9.17, 15) is 0 Å². The highest BCUT2D eigenvalue weighted by Crippen LogP contribution is 2.31. The highest BCUT2D eigenvalue weighted by atomic mass is 15.1. The lowest BCUT2D eigenvalue weighted by atomic mass is 10.1. The van der Waals surface area contributed by atoms with Gasteiger partial charge < -0.3 is 10.6 Å². The summed E-state index contributed by atoms with van der Waals surface area (Å²) < 4.78 is 0. The lowest BCUT2D eigenvalue weighted by Gasteiger charge is -2.20. The van der Waals surface area contributed by atoms with Gasteiger partial charge >= 0.3 is 0 Å². The van der Waals surface area contributed by atoms with Gasteiger partial charge in [-0.2, -0.15) is 0 Å². The minimum Gasteiger partial charge on any atom is -0.399 e. The zero-order chi connectivity index (χ0) is 14.2. The number of hydrogen-bond acceptors (Lipinski definition) is 3. The van der Waals surface area contributed by atoms with Gasteiger partial charge in [-0.1, -0.05) is 24.3 Å². The molecular formula is C18H17N3. The number of pyridine rings is 1. The zero-order valence-corrected chi connectivity index (χ0v) is 11.8. The number of hydrogen-bond donors (Lipinski definition) is 1. The second kappa shape index (κ2) is 4.77. The molecule has 3 aromatic rings. The molecule has 1 aromatic heterocycles. The predicted octanol–water partition coefficient (Wildman–Crippen LogP) is 3.38. The minimum atomic E-state index is 0.849. The van der Waals surface area contributed by atoms with Crippen LogP contribution in [0.3, 0.4) is 0 Å². The monoisotopic (exact) mass is 275 g/mol. The Balaban J connectivity index is 1.71. The molecule has 4 rings (SSSR count). The number of fused-ring (bicyclic) bond motifs is 2. The molecule has 21 heavy (non-hydrogen) atoms. The Morgan fingerprint density at radius 3 is 2.95 bits per heavy atom. The topological polar surface area (TPSA) is 42.1 Å². The first-order valence-electron chi connectivity index (χ1n) is 7.27. The van der Waals surface area contributed by atoms with E-state index in [-0.39, 0.29) is 0 Å². The lowest BCUT2D eigenvalue weighted by Crippen LogP contribution is -2.19. The van der Waals surface area contributed by atoms with Crippen molar-refractivity contribution in [2.45, 2.75) is 13.0 Å². The van der Waals surface area contributed by atoms with E-state index in [0.29, 0.717) is 0 Å². The van der Waals surface area contributed by atoms with Gasteiger partial charge in [0, 0.05) is 36.0 Å². The average molecular weight is 275 g/mol. The standard InChI is InChI=1S/C18H17N3/c19-16-6-7-17-14(11-16)8-10-21(17)12-15-4-1-3-13-5-2-9-20-18(13)15/h1-7,9,11H,8,10,12,19H2. The largest absolute Gasteiger partial charge is 0.399 e. The van der Waals surface area contributed by atoms with E-state index in [2.05, 4.69) is 46.3 Å². The third-order valence-electron chi connectivity index (χ3n) is 4.17. The van der Waals surface area contributed by atoms with Crippen molar-refractivity contribution in [1.29, 1.82) is 0 Å². The Bertz CT molecular complexity index is 805. The molecular weight excluding hydrogens is 258 g/mol. The second-order valence-electron chi connectivity index (χ2n) is 5.55. The summed E-state index contributed by atoms with van der Waals surface area (Å²) in [6.45, 7) is 1.94. The first-order valence-corrected chi connectivity index (χ1v) is 7.27. The first kappa shape index (κ1) is 12.2. The van der Waals surface area contributed by atoms with Crippen molar-refractivity contribution in [2.75, 3.05) is 17.2 Å². The fraction of sp³-hybridized carbons (Fsp3) is 0.167. The third-order valence-corrected chi connectivity index (χ3v) is 4.17. The number of nitrogens with two attached hydrogens (primary N) is 1. The van der Waals surface area contributed by atoms with Crippen LogP contribution < -0.4 is 10.6 Å². The van der Waals surface area contributed by atoms with Crippen molar-refractivity contribution in [3.05, 3.63) is 65.9 Å². The molecule has 0 atom stereocenters. The van der Waals surface area contributed by atoms with Crippen LogP contribution in [-0.2, 0) is 13.0 Å². The fourth-order valence-electron chi connectivity index (χ4n) is 3.15. The van der Waals surface area contributed by atoms with Crippen molar-refractivity contribution in [1.82, 2.24) is 4.98 Å². The molecule has 104 valence electrons. The number of para-hydroxylation sites is 1. The van der Waals surface area contributed by atoms with Crippen LogP contribution in [0.15, 0.2) is 54.7 Å². The van der Waals surface area contributed by atoms with Crippen LogP contribution in [0, 0.1) is 0 Å². The first-order chi connectivity index (χ1) is 10.3. The van der Waals surface area contributed by atoms with E-state index in [1.54, 1.807) is 0 Å². The SMILES string of the molecule is Nc1ccc2c(c1)CCN2Cc1cccc2cccnc12. The molecule has 0 fully saturated rings. The number of nitrogens with zero attached hydrogens (tertiary/aromatic N) is 2. The molecule has 3 nitrogen and oxygen atoms in total. The normalized spacial score (nSPS) is 13.6. The van der Waals surface area contributed by atoms with E-state index in [0.717, 1.165) is 30.7 Å². The lowest BCUT2D eigenvalue weighted by molar-refractivity contribution is 0.839. The van der Waals surface area contributed by atoms with Gasteiger partial charge in [-0.15, -0.1) is 0 Å². The minimum absolute atomic E-state index is 0.849. The maximum Gasteiger partial charge on any atom is 0.0751 e. The van der Waals surface area contributed by atoms with Gasteiger partial charge in [0.05, 0.1) is 5.52 Å².